The van der Waals surface area contributed by atoms with E-state index in [9.17, 15) is 41.6 Å². The summed E-state index contributed by atoms with van der Waals surface area (Å²) in [5, 5.41) is 25.5. The van der Waals surface area contributed by atoms with E-state index in [4.69, 9.17) is 9.47 Å². The Morgan fingerprint density at radius 1 is 1.04 bits per heavy atom. The van der Waals surface area contributed by atoms with Gasteiger partial charge in [-0.3, -0.25) is 19.8 Å². The molecule has 67 heavy (non-hydrogen) atoms. The molecule has 20 heteroatoms. The molecule has 16 nitrogen and oxygen atoms in total. The van der Waals surface area contributed by atoms with E-state index < -0.39 is 49.3 Å². The number of H-pyrrole nitrogens is 1. The lowest BCUT2D eigenvalue weighted by atomic mass is 9.70. The van der Waals surface area contributed by atoms with Crippen LogP contribution in [0, 0.1) is 27.3 Å². The first-order chi connectivity index (χ1) is 32.0. The zero-order valence-electron chi connectivity index (χ0n) is 37.1. The number of likely N-dealkylation sites (tertiary alicyclic amines) is 1. The number of rotatable bonds is 14. The molecule has 356 valence electrons. The summed E-state index contributed by atoms with van der Waals surface area (Å²) in [6.07, 6.45) is 6.63. The van der Waals surface area contributed by atoms with Gasteiger partial charge in [-0.25, -0.2) is 31.3 Å². The maximum Gasteiger partial charge on any atom is 0.312 e. The number of nitrogens with zero attached hydrogens (tertiary/aromatic N) is 5. The summed E-state index contributed by atoms with van der Waals surface area (Å²) in [6.45, 7) is 5.15. The molecule has 9 rings (SSSR count). The number of fused-ring (bicyclic) bond motifs is 1. The highest BCUT2D eigenvalue weighted by Gasteiger charge is 2.49. The van der Waals surface area contributed by atoms with Crippen molar-refractivity contribution in [2.24, 2.45) is 11.3 Å². The first-order valence-corrected chi connectivity index (χ1v) is 24.1. The third-order valence-electron chi connectivity index (χ3n) is 14.3. The molecule has 1 amide bonds. The molecule has 2 aromatic carbocycles. The average Bonchev–Trinajstić information content (AvgIpc) is 3.93. The van der Waals surface area contributed by atoms with Crippen molar-refractivity contribution in [3.8, 4) is 17.4 Å². The number of benzene rings is 2. The summed E-state index contributed by atoms with van der Waals surface area (Å²) in [6, 6.07) is 14.0. The van der Waals surface area contributed by atoms with Crippen LogP contribution in [0.1, 0.15) is 98.5 Å². The maximum atomic E-state index is 14.8. The average molecular weight is 947 g/mol. The van der Waals surface area contributed by atoms with Gasteiger partial charge in [0.15, 0.2) is 5.75 Å². The lowest BCUT2D eigenvalue weighted by molar-refractivity contribution is -0.384. The zero-order valence-corrected chi connectivity index (χ0v) is 38.0. The Balaban J connectivity index is 0.927. The molecule has 3 aromatic heterocycles. The zero-order chi connectivity index (χ0) is 47.3. The Morgan fingerprint density at radius 3 is 2.51 bits per heavy atom. The third kappa shape index (κ3) is 9.47. The number of amides is 1. The fraction of sp³-hybridized carbons (Fsp3) is 0.468. The molecule has 0 bridgehead atoms. The van der Waals surface area contributed by atoms with Gasteiger partial charge in [-0.1, -0.05) is 30.7 Å². The number of hydrogen-bond acceptors (Lipinski definition) is 13. The van der Waals surface area contributed by atoms with Gasteiger partial charge in [0.05, 0.1) is 34.8 Å². The molecule has 4 aliphatic rings. The van der Waals surface area contributed by atoms with E-state index in [1.807, 2.05) is 16.9 Å². The van der Waals surface area contributed by atoms with Crippen LogP contribution in [0.3, 0.4) is 0 Å². The van der Waals surface area contributed by atoms with Crippen molar-refractivity contribution >= 4 is 44.2 Å². The summed E-state index contributed by atoms with van der Waals surface area (Å²) >= 11 is 0. The Morgan fingerprint density at radius 2 is 1.79 bits per heavy atom. The monoisotopic (exact) mass is 946 g/mol. The van der Waals surface area contributed by atoms with Crippen molar-refractivity contribution in [3.63, 3.8) is 0 Å². The number of piperidine rings is 1. The molecular weight excluding hydrogens is 894 g/mol. The fourth-order valence-corrected chi connectivity index (χ4v) is 11.5. The molecule has 1 spiro atoms. The topological polar surface area (TPSA) is 205 Å². The number of pyridine rings is 2. The summed E-state index contributed by atoms with van der Waals surface area (Å²) < 4.78 is 84.0. The number of halogens is 3. The van der Waals surface area contributed by atoms with Crippen LogP contribution in [0.5, 0.6) is 17.4 Å². The van der Waals surface area contributed by atoms with Gasteiger partial charge in [0.1, 0.15) is 22.1 Å². The van der Waals surface area contributed by atoms with Gasteiger partial charge in [0, 0.05) is 74.4 Å². The second kappa shape index (κ2) is 18.2. The number of carbonyl (C=O) groups is 1. The van der Waals surface area contributed by atoms with E-state index in [2.05, 4.69) is 30.1 Å². The molecule has 2 aliphatic heterocycles. The summed E-state index contributed by atoms with van der Waals surface area (Å²) in [7, 11) is -3.41. The van der Waals surface area contributed by atoms with E-state index in [0.717, 1.165) is 69.2 Å². The van der Waals surface area contributed by atoms with E-state index in [1.165, 1.54) is 25.3 Å². The standard InChI is InChI=1S/C47H53F3N8O8S/c1-46(60)14-12-28(13-15-46)23-51-43-38(58(61)62)21-30(24-52-43)67(63,64)55-44(59)34-11-10-29(20-39(34)66-40-22-35-36(48)25-53-42(35)54-45(40)65-2)56-18-16-47(17-19-56)26-57(27-47)37-9-5-8-32(37)31-6-3-4-7-33(31)41(49)50/h3-4,6-7,10-11,20-22,24-25,28,32,37,41,60H,5,8-9,12-19,23,26-27H2,1-2H3,(H,51,52)(H,53,54)(H,55,59). The number of methoxy groups -OCH3 is 1. The molecule has 4 N–H and O–H groups in total. The van der Waals surface area contributed by atoms with Gasteiger partial charge >= 0.3 is 5.69 Å². The number of aromatic nitrogens is 3. The second-order valence-corrected chi connectivity index (χ2v) is 20.5. The highest BCUT2D eigenvalue weighted by Crippen LogP contribution is 2.49. The maximum absolute atomic E-state index is 14.8. The lowest BCUT2D eigenvalue weighted by Gasteiger charge is -2.57. The Labute approximate surface area is 385 Å². The molecule has 2 saturated heterocycles. The predicted octanol–water partition coefficient (Wildman–Crippen LogP) is 8.45. The number of nitrogens with one attached hydrogen (secondary N) is 3. The molecule has 2 aliphatic carbocycles. The van der Waals surface area contributed by atoms with Crippen molar-refractivity contribution in [3.05, 3.63) is 99.6 Å². The van der Waals surface area contributed by atoms with Gasteiger partial charge in [-0.2, -0.15) is 4.98 Å². The summed E-state index contributed by atoms with van der Waals surface area (Å²) in [5.74, 6) is -1.88. The van der Waals surface area contributed by atoms with E-state index in [-0.39, 0.29) is 68.6 Å². The van der Waals surface area contributed by atoms with Crippen molar-refractivity contribution in [1.82, 2.24) is 24.6 Å². The minimum atomic E-state index is -4.75. The minimum Gasteiger partial charge on any atom is -0.478 e. The van der Waals surface area contributed by atoms with Gasteiger partial charge in [0.2, 0.25) is 5.82 Å². The smallest absolute Gasteiger partial charge is 0.312 e. The third-order valence-corrected chi connectivity index (χ3v) is 15.6. The number of sulfonamides is 1. The van der Waals surface area contributed by atoms with Gasteiger partial charge in [-0.05, 0) is 93.2 Å². The minimum absolute atomic E-state index is 0.0437. The quantitative estimate of drug-likeness (QED) is 0.0610. The molecule has 2 unspecified atom stereocenters. The van der Waals surface area contributed by atoms with Crippen LogP contribution in [-0.2, 0) is 10.0 Å². The molecule has 2 saturated carbocycles. The molecule has 0 radical (unpaired) electrons. The Bertz CT molecular complexity index is 2780. The molecule has 2 atom stereocenters. The predicted molar refractivity (Wildman–Crippen MR) is 243 cm³/mol. The molecular formula is C47H53F3N8O8S. The largest absolute Gasteiger partial charge is 0.478 e. The van der Waals surface area contributed by atoms with Crippen LogP contribution < -0.4 is 24.4 Å². The lowest BCUT2D eigenvalue weighted by Crippen LogP contribution is -2.63. The normalized spacial score (nSPS) is 23.0. The van der Waals surface area contributed by atoms with Crippen LogP contribution in [0.4, 0.5) is 30.4 Å². The molecule has 5 aromatic rings. The second-order valence-electron chi connectivity index (χ2n) is 18.8. The van der Waals surface area contributed by atoms with Crippen LogP contribution in [0.15, 0.2) is 71.9 Å². The van der Waals surface area contributed by atoms with E-state index in [0.29, 0.717) is 51.0 Å². The number of alkyl halides is 2. The van der Waals surface area contributed by atoms with E-state index in [1.54, 1.807) is 25.1 Å². The van der Waals surface area contributed by atoms with Crippen LogP contribution in [-0.4, -0.2) is 95.7 Å². The van der Waals surface area contributed by atoms with Crippen molar-refractivity contribution in [2.45, 2.75) is 93.6 Å². The summed E-state index contributed by atoms with van der Waals surface area (Å²) in [5.41, 5.74) is 0.202. The number of carbonyl (C=O) groups excluding carboxylic acids is 1. The highest BCUT2D eigenvalue weighted by atomic mass is 32.2. The Kier molecular flexibility index (Phi) is 12.6. The number of hydrogen-bond donors (Lipinski definition) is 4. The van der Waals surface area contributed by atoms with Crippen LogP contribution in [0.2, 0.25) is 0 Å². The number of anilines is 2. The molecule has 5 heterocycles. The highest BCUT2D eigenvalue weighted by molar-refractivity contribution is 7.90. The Hall–Kier alpha value is -5.99. The van der Waals surface area contributed by atoms with Crippen molar-refractivity contribution < 1.29 is 45.9 Å². The van der Waals surface area contributed by atoms with Crippen LogP contribution in [0.25, 0.3) is 11.0 Å². The number of aliphatic hydroxyl groups is 1. The number of aromatic amines is 1. The molecule has 4 fully saturated rings. The first-order valence-electron chi connectivity index (χ1n) is 22.6. The first kappa shape index (κ1) is 46.1. The van der Waals surface area contributed by atoms with E-state index >= 15 is 0 Å². The fourth-order valence-electron chi connectivity index (χ4n) is 10.5. The number of nitro groups is 1. The van der Waals surface area contributed by atoms with Crippen LogP contribution >= 0.6 is 0 Å². The van der Waals surface area contributed by atoms with Gasteiger partial charge in [0.25, 0.3) is 28.2 Å². The van der Waals surface area contributed by atoms with Crippen molar-refractivity contribution in [2.75, 3.05) is 50.1 Å². The van der Waals surface area contributed by atoms with Gasteiger partial charge in [-0.15, -0.1) is 0 Å². The van der Waals surface area contributed by atoms with Gasteiger partial charge < -0.3 is 29.8 Å². The van der Waals surface area contributed by atoms with Crippen molar-refractivity contribution in [1.29, 1.82) is 0 Å². The number of ether oxygens (including phenoxy) is 2. The SMILES string of the molecule is COc1nc2[nH]cc(F)c2cc1Oc1cc(N2CCC3(CC2)CN(C2CCCC2c2ccccc2C(F)F)C3)ccc1C(=O)NS(=O)(=O)c1cnc(NCC2CCC(C)(O)CC2)c([N+](=O)[O-])c1. The summed E-state index contributed by atoms with van der Waals surface area (Å²) in [4.78, 5) is 40.5.